The first-order valence-electron chi connectivity index (χ1n) is 7.98. The van der Waals surface area contributed by atoms with E-state index in [1.54, 1.807) is 30.8 Å². The minimum Gasteiger partial charge on any atom is -0.507 e. The van der Waals surface area contributed by atoms with E-state index in [0.29, 0.717) is 12.1 Å². The molecular formula is C19H21NO4S. The fraction of sp³-hybridized carbons (Fsp3) is 0.263. The van der Waals surface area contributed by atoms with Crippen LogP contribution in [0.3, 0.4) is 0 Å². The van der Waals surface area contributed by atoms with Crippen LogP contribution in [0.25, 0.3) is 0 Å². The molecule has 0 spiro atoms. The molecular weight excluding hydrogens is 338 g/mol. The SMILES string of the molecule is Cc1cccc(C(=O)OCC(=O)NCCCSc2ccccc2)c1O. The van der Waals surface area contributed by atoms with Crippen molar-refractivity contribution in [2.75, 3.05) is 18.9 Å². The first-order chi connectivity index (χ1) is 12.1. The Morgan fingerprint density at radius 1 is 1.12 bits per heavy atom. The van der Waals surface area contributed by atoms with Crippen molar-refractivity contribution in [1.29, 1.82) is 0 Å². The van der Waals surface area contributed by atoms with Crippen LogP contribution in [0.2, 0.25) is 0 Å². The molecule has 0 aliphatic carbocycles. The van der Waals surface area contributed by atoms with Crippen LogP contribution in [0, 0.1) is 6.92 Å². The lowest BCUT2D eigenvalue weighted by Gasteiger charge is -2.08. The van der Waals surface area contributed by atoms with Crippen molar-refractivity contribution in [3.8, 4) is 5.75 Å². The van der Waals surface area contributed by atoms with Gasteiger partial charge >= 0.3 is 5.97 Å². The van der Waals surface area contributed by atoms with Crippen LogP contribution >= 0.6 is 11.8 Å². The zero-order valence-electron chi connectivity index (χ0n) is 14.0. The molecule has 0 saturated heterocycles. The second-order valence-corrected chi connectivity index (χ2v) is 6.58. The van der Waals surface area contributed by atoms with Gasteiger partial charge in [0.05, 0.1) is 0 Å². The Labute approximate surface area is 151 Å². The van der Waals surface area contributed by atoms with Crippen LogP contribution in [0.4, 0.5) is 0 Å². The number of phenolic OH excluding ortho intramolecular Hbond substituents is 1. The summed E-state index contributed by atoms with van der Waals surface area (Å²) in [5, 5.41) is 12.5. The highest BCUT2D eigenvalue weighted by Crippen LogP contribution is 2.22. The summed E-state index contributed by atoms with van der Waals surface area (Å²) in [5.41, 5.74) is 0.641. The van der Waals surface area contributed by atoms with E-state index < -0.39 is 5.97 Å². The lowest BCUT2D eigenvalue weighted by atomic mass is 10.1. The molecule has 0 fully saturated rings. The molecule has 0 radical (unpaired) electrons. The van der Waals surface area contributed by atoms with E-state index in [-0.39, 0.29) is 23.8 Å². The number of aromatic hydroxyl groups is 1. The highest BCUT2D eigenvalue weighted by Gasteiger charge is 2.15. The van der Waals surface area contributed by atoms with Crippen LogP contribution < -0.4 is 5.32 Å². The van der Waals surface area contributed by atoms with Crippen molar-refractivity contribution >= 4 is 23.6 Å². The Hall–Kier alpha value is -2.47. The van der Waals surface area contributed by atoms with Gasteiger partial charge in [-0.15, -0.1) is 11.8 Å². The fourth-order valence-corrected chi connectivity index (χ4v) is 2.96. The van der Waals surface area contributed by atoms with E-state index in [0.717, 1.165) is 12.2 Å². The van der Waals surface area contributed by atoms with E-state index in [1.807, 2.05) is 30.3 Å². The maximum Gasteiger partial charge on any atom is 0.342 e. The third kappa shape index (κ3) is 6.15. The van der Waals surface area contributed by atoms with Crippen LogP contribution in [-0.4, -0.2) is 35.9 Å². The van der Waals surface area contributed by atoms with Gasteiger partial charge in [0.15, 0.2) is 6.61 Å². The lowest BCUT2D eigenvalue weighted by molar-refractivity contribution is -0.124. The first-order valence-corrected chi connectivity index (χ1v) is 8.96. The van der Waals surface area contributed by atoms with Gasteiger partial charge in [0.2, 0.25) is 0 Å². The molecule has 5 nitrogen and oxygen atoms in total. The number of benzene rings is 2. The molecule has 0 aliphatic rings. The van der Waals surface area contributed by atoms with Gasteiger partial charge in [-0.25, -0.2) is 4.79 Å². The Morgan fingerprint density at radius 3 is 2.64 bits per heavy atom. The topological polar surface area (TPSA) is 75.6 Å². The van der Waals surface area contributed by atoms with Crippen molar-refractivity contribution in [3.05, 3.63) is 59.7 Å². The zero-order valence-corrected chi connectivity index (χ0v) is 14.8. The largest absolute Gasteiger partial charge is 0.507 e. The minimum atomic E-state index is -0.712. The second kappa shape index (κ2) is 9.74. The minimum absolute atomic E-state index is 0.0621. The Bertz CT molecular complexity index is 719. The van der Waals surface area contributed by atoms with Crippen molar-refractivity contribution in [2.24, 2.45) is 0 Å². The standard InChI is InChI=1S/C19H21NO4S/c1-14-7-5-10-16(18(14)22)19(23)24-13-17(21)20-11-6-12-25-15-8-3-2-4-9-15/h2-5,7-10,22H,6,11-13H2,1H3,(H,20,21). The lowest BCUT2D eigenvalue weighted by Crippen LogP contribution is -2.29. The molecule has 2 N–H and O–H groups in total. The number of para-hydroxylation sites is 1. The summed E-state index contributed by atoms with van der Waals surface area (Å²) in [6.07, 6.45) is 0.817. The Morgan fingerprint density at radius 2 is 1.88 bits per heavy atom. The summed E-state index contributed by atoms with van der Waals surface area (Å²) >= 11 is 1.73. The smallest absolute Gasteiger partial charge is 0.342 e. The molecule has 0 aliphatic heterocycles. The van der Waals surface area contributed by atoms with Gasteiger partial charge in [-0.2, -0.15) is 0 Å². The molecule has 0 heterocycles. The van der Waals surface area contributed by atoms with Crippen LogP contribution in [0.1, 0.15) is 22.3 Å². The highest BCUT2D eigenvalue weighted by atomic mass is 32.2. The molecule has 0 bridgehead atoms. The van der Waals surface area contributed by atoms with E-state index in [2.05, 4.69) is 5.32 Å². The molecule has 2 rings (SSSR count). The van der Waals surface area contributed by atoms with Gasteiger partial charge in [-0.05, 0) is 42.9 Å². The Balaban J connectivity index is 1.63. The molecule has 1 amide bonds. The maximum atomic E-state index is 11.9. The average molecular weight is 359 g/mol. The predicted octanol–water partition coefficient (Wildman–Crippen LogP) is 3.16. The van der Waals surface area contributed by atoms with Crippen molar-refractivity contribution in [1.82, 2.24) is 5.32 Å². The number of carbonyl (C=O) groups is 2. The number of esters is 1. The quantitative estimate of drug-likeness (QED) is 0.430. The number of amides is 1. The number of nitrogens with one attached hydrogen (secondary N) is 1. The van der Waals surface area contributed by atoms with Crippen LogP contribution in [-0.2, 0) is 9.53 Å². The molecule has 0 unspecified atom stereocenters. The number of aryl methyl sites for hydroxylation is 1. The Kier molecular flexibility index (Phi) is 7.35. The molecule has 25 heavy (non-hydrogen) atoms. The van der Waals surface area contributed by atoms with Gasteiger partial charge in [0.1, 0.15) is 11.3 Å². The third-order valence-electron chi connectivity index (χ3n) is 3.45. The van der Waals surface area contributed by atoms with E-state index in [4.69, 9.17) is 4.74 Å². The number of hydrogen-bond donors (Lipinski definition) is 2. The molecule has 6 heteroatoms. The van der Waals surface area contributed by atoms with E-state index in [1.165, 1.54) is 11.0 Å². The molecule has 2 aromatic rings. The van der Waals surface area contributed by atoms with Crippen LogP contribution in [0.15, 0.2) is 53.4 Å². The summed E-state index contributed by atoms with van der Waals surface area (Å²) in [4.78, 5) is 24.8. The number of phenols is 1. The molecule has 2 aromatic carbocycles. The van der Waals surface area contributed by atoms with Crippen molar-refractivity contribution in [3.63, 3.8) is 0 Å². The monoisotopic (exact) mass is 359 g/mol. The van der Waals surface area contributed by atoms with Gasteiger partial charge in [0, 0.05) is 11.4 Å². The molecule has 132 valence electrons. The summed E-state index contributed by atoms with van der Waals surface area (Å²) in [6, 6.07) is 14.8. The second-order valence-electron chi connectivity index (χ2n) is 5.41. The number of hydrogen-bond acceptors (Lipinski definition) is 5. The van der Waals surface area contributed by atoms with Crippen molar-refractivity contribution in [2.45, 2.75) is 18.2 Å². The summed E-state index contributed by atoms with van der Waals surface area (Å²) in [7, 11) is 0. The van der Waals surface area contributed by atoms with Crippen LogP contribution in [0.5, 0.6) is 5.75 Å². The number of carbonyl (C=O) groups excluding carboxylic acids is 2. The average Bonchev–Trinajstić information content (AvgIpc) is 2.62. The predicted molar refractivity (Wildman–Crippen MR) is 97.9 cm³/mol. The number of ether oxygens (including phenoxy) is 1. The fourth-order valence-electron chi connectivity index (χ4n) is 2.09. The first kappa shape index (κ1) is 18.9. The molecule has 0 atom stereocenters. The summed E-state index contributed by atoms with van der Waals surface area (Å²) in [5.74, 6) is -0.298. The normalized spacial score (nSPS) is 10.3. The van der Waals surface area contributed by atoms with Gasteiger partial charge < -0.3 is 15.2 Å². The van der Waals surface area contributed by atoms with E-state index in [9.17, 15) is 14.7 Å². The third-order valence-corrected chi connectivity index (χ3v) is 4.55. The van der Waals surface area contributed by atoms with Crippen molar-refractivity contribution < 1.29 is 19.4 Å². The van der Waals surface area contributed by atoms with Gasteiger partial charge in [-0.1, -0.05) is 30.3 Å². The summed E-state index contributed by atoms with van der Waals surface area (Å²) in [6.45, 7) is 1.84. The summed E-state index contributed by atoms with van der Waals surface area (Å²) < 4.78 is 4.94. The maximum absolute atomic E-state index is 11.9. The molecule has 0 saturated carbocycles. The molecule has 0 aromatic heterocycles. The number of rotatable bonds is 8. The van der Waals surface area contributed by atoms with Gasteiger partial charge in [0.25, 0.3) is 5.91 Å². The van der Waals surface area contributed by atoms with E-state index >= 15 is 0 Å². The highest BCUT2D eigenvalue weighted by molar-refractivity contribution is 7.99. The van der Waals surface area contributed by atoms with Gasteiger partial charge in [-0.3, -0.25) is 4.79 Å². The zero-order chi connectivity index (χ0) is 18.1. The number of thioether (sulfide) groups is 1.